The Morgan fingerprint density at radius 1 is 1.40 bits per heavy atom. The van der Waals surface area contributed by atoms with Crippen molar-refractivity contribution in [1.29, 1.82) is 0 Å². The molecular weight excluding hydrogens is 208 g/mol. The topological polar surface area (TPSA) is 58.6 Å². The number of halogens is 2. The Bertz CT molecular complexity index is 214. The fourth-order valence-corrected chi connectivity index (χ4v) is 0.617. The van der Waals surface area contributed by atoms with E-state index in [4.69, 9.17) is 9.84 Å². The fraction of sp³-hybridized carbons (Fsp3) is 0.889. The number of carbonyl (C=O) groups is 1. The highest BCUT2D eigenvalue weighted by Gasteiger charge is 2.28. The van der Waals surface area contributed by atoms with Crippen molar-refractivity contribution in [1.82, 2.24) is 5.32 Å². The average molecular weight is 225 g/mol. The van der Waals surface area contributed by atoms with Gasteiger partial charge in [0.05, 0.1) is 12.1 Å². The smallest absolute Gasteiger partial charge is 0.287 e. The molecule has 0 fully saturated rings. The standard InChI is InChI=1S/C9H17F2NO3/c1-8(2,3)15-4-7(14)12-5-9(10,11)6-13/h13H,4-6H2,1-3H3,(H,12,14). The van der Waals surface area contributed by atoms with Gasteiger partial charge in [-0.2, -0.15) is 0 Å². The predicted octanol–water partition coefficient (Wildman–Crippen LogP) is 0.545. The highest BCUT2D eigenvalue weighted by atomic mass is 19.3. The largest absolute Gasteiger partial charge is 0.390 e. The van der Waals surface area contributed by atoms with Crippen LogP contribution in [0.4, 0.5) is 8.78 Å². The monoisotopic (exact) mass is 225 g/mol. The van der Waals surface area contributed by atoms with E-state index in [0.29, 0.717) is 0 Å². The SMILES string of the molecule is CC(C)(C)OCC(=O)NCC(F)(F)CO. The number of carbonyl (C=O) groups excluding carboxylic acids is 1. The van der Waals surface area contributed by atoms with Gasteiger partial charge in [0.2, 0.25) is 5.91 Å². The molecule has 0 spiro atoms. The van der Waals surface area contributed by atoms with E-state index in [1.165, 1.54) is 0 Å². The van der Waals surface area contributed by atoms with E-state index >= 15 is 0 Å². The fourth-order valence-electron chi connectivity index (χ4n) is 0.617. The minimum atomic E-state index is -3.28. The lowest BCUT2D eigenvalue weighted by atomic mass is 10.2. The third-order valence-electron chi connectivity index (χ3n) is 1.41. The van der Waals surface area contributed by atoms with Crippen LogP contribution in [0, 0.1) is 0 Å². The molecule has 0 atom stereocenters. The van der Waals surface area contributed by atoms with Crippen molar-refractivity contribution in [2.75, 3.05) is 19.8 Å². The molecule has 0 aliphatic heterocycles. The summed E-state index contributed by atoms with van der Waals surface area (Å²) in [6.45, 7) is 2.82. The number of aliphatic hydroxyl groups excluding tert-OH is 1. The van der Waals surface area contributed by atoms with E-state index in [2.05, 4.69) is 0 Å². The number of hydrogen-bond donors (Lipinski definition) is 2. The zero-order chi connectivity index (χ0) is 12.1. The second-order valence-corrected chi connectivity index (χ2v) is 4.19. The summed E-state index contributed by atoms with van der Waals surface area (Å²) in [7, 11) is 0. The Hall–Kier alpha value is -0.750. The number of amides is 1. The summed E-state index contributed by atoms with van der Waals surface area (Å²) in [5.41, 5.74) is -0.489. The Kier molecular flexibility index (Phi) is 5.10. The summed E-state index contributed by atoms with van der Waals surface area (Å²) in [6.07, 6.45) is 0. The van der Waals surface area contributed by atoms with Gasteiger partial charge in [0.25, 0.3) is 5.92 Å². The minimum Gasteiger partial charge on any atom is -0.390 e. The van der Waals surface area contributed by atoms with Gasteiger partial charge < -0.3 is 15.2 Å². The quantitative estimate of drug-likeness (QED) is 0.718. The number of nitrogens with one attached hydrogen (secondary N) is 1. The number of rotatable bonds is 5. The first-order valence-corrected chi connectivity index (χ1v) is 4.56. The highest BCUT2D eigenvalue weighted by molar-refractivity contribution is 5.77. The van der Waals surface area contributed by atoms with Gasteiger partial charge in [0.15, 0.2) is 0 Å². The Labute approximate surface area is 87.6 Å². The Morgan fingerprint density at radius 3 is 2.33 bits per heavy atom. The molecule has 0 radical (unpaired) electrons. The van der Waals surface area contributed by atoms with E-state index in [1.807, 2.05) is 5.32 Å². The molecule has 0 aliphatic rings. The van der Waals surface area contributed by atoms with Gasteiger partial charge in [0, 0.05) is 0 Å². The maximum Gasteiger partial charge on any atom is 0.287 e. The molecule has 0 rings (SSSR count). The van der Waals surface area contributed by atoms with Crippen molar-refractivity contribution in [2.24, 2.45) is 0 Å². The molecule has 0 saturated carbocycles. The Morgan fingerprint density at radius 2 is 1.93 bits per heavy atom. The van der Waals surface area contributed by atoms with E-state index in [-0.39, 0.29) is 6.61 Å². The summed E-state index contributed by atoms with van der Waals surface area (Å²) in [5.74, 6) is -3.91. The van der Waals surface area contributed by atoms with Gasteiger partial charge in [-0.05, 0) is 20.8 Å². The zero-order valence-corrected chi connectivity index (χ0v) is 9.14. The third-order valence-corrected chi connectivity index (χ3v) is 1.41. The first-order valence-electron chi connectivity index (χ1n) is 4.56. The highest BCUT2D eigenvalue weighted by Crippen LogP contribution is 2.10. The second kappa shape index (κ2) is 5.37. The van der Waals surface area contributed by atoms with Crippen LogP contribution in [-0.4, -0.2) is 42.3 Å². The number of ether oxygens (including phenoxy) is 1. The van der Waals surface area contributed by atoms with Gasteiger partial charge in [-0.25, -0.2) is 8.78 Å². The first-order chi connectivity index (χ1) is 6.66. The minimum absolute atomic E-state index is 0.273. The third kappa shape index (κ3) is 8.26. The van der Waals surface area contributed by atoms with Gasteiger partial charge in [-0.3, -0.25) is 4.79 Å². The molecule has 0 heterocycles. The van der Waals surface area contributed by atoms with Crippen LogP contribution in [0.2, 0.25) is 0 Å². The van der Waals surface area contributed by atoms with Gasteiger partial charge in [-0.15, -0.1) is 0 Å². The molecule has 2 N–H and O–H groups in total. The van der Waals surface area contributed by atoms with Crippen LogP contribution in [0.25, 0.3) is 0 Å². The van der Waals surface area contributed by atoms with Crippen molar-refractivity contribution in [3.63, 3.8) is 0 Å². The molecule has 90 valence electrons. The van der Waals surface area contributed by atoms with Crippen molar-refractivity contribution in [3.05, 3.63) is 0 Å². The van der Waals surface area contributed by atoms with Crippen LogP contribution in [0.3, 0.4) is 0 Å². The molecule has 0 aromatic heterocycles. The lowest BCUT2D eigenvalue weighted by Crippen LogP contribution is -2.41. The summed E-state index contributed by atoms with van der Waals surface area (Å²) < 4.78 is 30.0. The van der Waals surface area contributed by atoms with Gasteiger partial charge in [0.1, 0.15) is 13.2 Å². The molecule has 0 unspecified atom stereocenters. The first kappa shape index (κ1) is 14.2. The average Bonchev–Trinajstić information content (AvgIpc) is 2.10. The molecule has 4 nitrogen and oxygen atoms in total. The molecule has 6 heteroatoms. The number of hydrogen-bond acceptors (Lipinski definition) is 3. The molecule has 0 saturated heterocycles. The van der Waals surface area contributed by atoms with Crippen LogP contribution in [0.5, 0.6) is 0 Å². The van der Waals surface area contributed by atoms with Crippen LogP contribution in [-0.2, 0) is 9.53 Å². The van der Waals surface area contributed by atoms with Gasteiger partial charge >= 0.3 is 0 Å². The summed E-state index contributed by atoms with van der Waals surface area (Å²) >= 11 is 0. The van der Waals surface area contributed by atoms with Crippen molar-refractivity contribution >= 4 is 5.91 Å². The molecule has 0 aromatic carbocycles. The zero-order valence-electron chi connectivity index (χ0n) is 9.14. The van der Waals surface area contributed by atoms with Crippen molar-refractivity contribution in [3.8, 4) is 0 Å². The lowest BCUT2D eigenvalue weighted by Gasteiger charge is -2.19. The molecule has 0 bridgehead atoms. The van der Waals surface area contributed by atoms with Crippen molar-refractivity contribution in [2.45, 2.75) is 32.3 Å². The van der Waals surface area contributed by atoms with Crippen LogP contribution < -0.4 is 5.32 Å². The summed E-state index contributed by atoms with van der Waals surface area (Å²) in [6, 6.07) is 0. The van der Waals surface area contributed by atoms with E-state index in [9.17, 15) is 13.6 Å². The number of alkyl halides is 2. The number of aliphatic hydroxyl groups is 1. The summed E-state index contributed by atoms with van der Waals surface area (Å²) in [4.78, 5) is 11.0. The lowest BCUT2D eigenvalue weighted by molar-refractivity contribution is -0.133. The second-order valence-electron chi connectivity index (χ2n) is 4.19. The van der Waals surface area contributed by atoms with Gasteiger partial charge in [-0.1, -0.05) is 0 Å². The molecular formula is C9H17F2NO3. The maximum atomic E-state index is 12.5. The Balaban J connectivity index is 3.77. The predicted molar refractivity (Wildman–Crippen MR) is 50.7 cm³/mol. The van der Waals surface area contributed by atoms with Crippen LogP contribution in [0.1, 0.15) is 20.8 Å². The van der Waals surface area contributed by atoms with Crippen molar-refractivity contribution < 1.29 is 23.4 Å². The normalized spacial score (nSPS) is 12.7. The molecule has 0 aromatic rings. The van der Waals surface area contributed by atoms with Crippen LogP contribution >= 0.6 is 0 Å². The van der Waals surface area contributed by atoms with E-state index in [1.54, 1.807) is 20.8 Å². The molecule has 0 aliphatic carbocycles. The molecule has 1 amide bonds. The summed E-state index contributed by atoms with van der Waals surface area (Å²) in [5, 5.41) is 10.2. The maximum absolute atomic E-state index is 12.5. The van der Waals surface area contributed by atoms with E-state index in [0.717, 1.165) is 0 Å². The van der Waals surface area contributed by atoms with Crippen LogP contribution in [0.15, 0.2) is 0 Å². The molecule has 15 heavy (non-hydrogen) atoms. The van der Waals surface area contributed by atoms with E-state index < -0.39 is 30.6 Å².